The van der Waals surface area contributed by atoms with Gasteiger partial charge in [0.25, 0.3) is 0 Å². The summed E-state index contributed by atoms with van der Waals surface area (Å²) in [4.78, 5) is 11.0. The molecule has 0 saturated carbocycles. The monoisotopic (exact) mass is 266 g/mol. The van der Waals surface area contributed by atoms with Gasteiger partial charge >= 0.3 is 5.97 Å². The largest absolute Gasteiger partial charge is 0.460 e. The minimum absolute atomic E-state index is 0.200. The zero-order valence-corrected chi connectivity index (χ0v) is 13.3. The van der Waals surface area contributed by atoms with Gasteiger partial charge in [0.1, 0.15) is 5.60 Å². The quantitative estimate of drug-likeness (QED) is 0.332. The van der Waals surface area contributed by atoms with E-state index in [1.54, 1.807) is 0 Å². The van der Waals surface area contributed by atoms with Crippen molar-refractivity contribution in [1.29, 1.82) is 0 Å². The van der Waals surface area contributed by atoms with Gasteiger partial charge in [-0.25, -0.2) is 0 Å². The first-order chi connectivity index (χ1) is 8.78. The average molecular weight is 266 g/mol. The Kier molecular flexibility index (Phi) is 8.46. The van der Waals surface area contributed by atoms with Crippen LogP contribution in [0.1, 0.15) is 66.7 Å². The van der Waals surface area contributed by atoms with E-state index in [4.69, 9.17) is 4.74 Å². The molecule has 2 nitrogen and oxygen atoms in total. The summed E-state index contributed by atoms with van der Waals surface area (Å²) in [5.41, 5.74) is 1.16. The van der Waals surface area contributed by atoms with Crippen molar-refractivity contribution < 1.29 is 9.53 Å². The van der Waals surface area contributed by atoms with E-state index in [0.717, 1.165) is 32.1 Å². The summed E-state index contributed by atoms with van der Waals surface area (Å²) in [6.45, 7) is 13.6. The number of carbonyl (C=O) groups excluding carboxylic acids is 1. The molecule has 110 valence electrons. The van der Waals surface area contributed by atoms with E-state index in [-0.39, 0.29) is 11.6 Å². The fraction of sp³-hybridized carbons (Fsp3) is 0.706. The van der Waals surface area contributed by atoms with Crippen molar-refractivity contribution in [3.8, 4) is 0 Å². The highest BCUT2D eigenvalue weighted by molar-refractivity contribution is 5.66. The molecule has 0 radical (unpaired) electrons. The minimum Gasteiger partial charge on any atom is -0.460 e. The molecular weight excluding hydrogens is 236 g/mol. The standard InChI is InChI=1S/C17H30O2/c1-7-8-11-16(14(2)3)12-9-10-13-17(5,6)19-15(4)18/h7,12,14H,1,8-11,13H2,2-6H3. The SMILES string of the molecule is C=CCCC(=CCCCC(C)(C)OC(C)=O)C(C)C. The van der Waals surface area contributed by atoms with Crippen molar-refractivity contribution in [2.24, 2.45) is 5.92 Å². The molecule has 0 N–H and O–H groups in total. The third kappa shape index (κ3) is 9.52. The van der Waals surface area contributed by atoms with E-state index in [2.05, 4.69) is 26.5 Å². The Morgan fingerprint density at radius 2 is 1.95 bits per heavy atom. The number of ether oxygens (including phenoxy) is 1. The van der Waals surface area contributed by atoms with Gasteiger partial charge < -0.3 is 4.74 Å². The Morgan fingerprint density at radius 1 is 1.32 bits per heavy atom. The van der Waals surface area contributed by atoms with Crippen molar-refractivity contribution in [2.75, 3.05) is 0 Å². The smallest absolute Gasteiger partial charge is 0.303 e. The molecule has 0 aliphatic rings. The molecule has 0 heterocycles. The number of unbranched alkanes of at least 4 members (excludes halogenated alkanes) is 1. The second-order valence-electron chi connectivity index (χ2n) is 6.01. The predicted molar refractivity (Wildman–Crippen MR) is 82.0 cm³/mol. The molecule has 19 heavy (non-hydrogen) atoms. The summed E-state index contributed by atoms with van der Waals surface area (Å²) >= 11 is 0. The predicted octanol–water partition coefficient (Wildman–Crippen LogP) is 5.05. The van der Waals surface area contributed by atoms with Crippen molar-refractivity contribution >= 4 is 5.97 Å². The summed E-state index contributed by atoms with van der Waals surface area (Å²) in [5.74, 6) is 0.399. The first-order valence-electron chi connectivity index (χ1n) is 7.28. The third-order valence-electron chi connectivity index (χ3n) is 3.19. The van der Waals surface area contributed by atoms with Crippen LogP contribution in [0.25, 0.3) is 0 Å². The number of allylic oxidation sites excluding steroid dienone is 3. The second kappa shape index (κ2) is 8.95. The zero-order valence-electron chi connectivity index (χ0n) is 13.3. The molecule has 0 unspecified atom stereocenters. The van der Waals surface area contributed by atoms with Gasteiger partial charge in [0.05, 0.1) is 0 Å². The molecule has 0 rings (SSSR count). The number of hydrogen-bond donors (Lipinski definition) is 0. The van der Waals surface area contributed by atoms with Crippen molar-refractivity contribution in [2.45, 2.75) is 72.3 Å². The first-order valence-corrected chi connectivity index (χ1v) is 7.28. The molecule has 0 aliphatic heterocycles. The maximum atomic E-state index is 11.0. The summed E-state index contributed by atoms with van der Waals surface area (Å²) in [6.07, 6.45) is 9.46. The van der Waals surface area contributed by atoms with Crippen LogP contribution in [0.15, 0.2) is 24.3 Å². The number of hydrogen-bond acceptors (Lipinski definition) is 2. The average Bonchev–Trinajstić information content (AvgIpc) is 2.25. The number of carbonyl (C=O) groups is 1. The lowest BCUT2D eigenvalue weighted by atomic mass is 9.95. The van der Waals surface area contributed by atoms with Crippen LogP contribution in [-0.2, 0) is 9.53 Å². The van der Waals surface area contributed by atoms with Gasteiger partial charge in [-0.1, -0.05) is 31.6 Å². The number of esters is 1. The second-order valence-corrected chi connectivity index (χ2v) is 6.01. The molecule has 2 heteroatoms. The molecular formula is C17H30O2. The van der Waals surface area contributed by atoms with E-state index in [0.29, 0.717) is 5.92 Å². The molecule has 0 saturated heterocycles. The van der Waals surface area contributed by atoms with Gasteiger partial charge in [0.2, 0.25) is 0 Å². The molecule has 0 fully saturated rings. The maximum Gasteiger partial charge on any atom is 0.303 e. The maximum absolute atomic E-state index is 11.0. The Balaban J connectivity index is 4.16. The van der Waals surface area contributed by atoms with Crippen LogP contribution >= 0.6 is 0 Å². The molecule has 0 aromatic carbocycles. The fourth-order valence-corrected chi connectivity index (χ4v) is 2.15. The number of rotatable bonds is 9. The Morgan fingerprint density at radius 3 is 2.42 bits per heavy atom. The lowest BCUT2D eigenvalue weighted by Gasteiger charge is -2.24. The molecule has 0 aromatic rings. The Labute approximate surface area is 118 Å². The first kappa shape index (κ1) is 17.9. The van der Waals surface area contributed by atoms with Crippen LogP contribution in [0.5, 0.6) is 0 Å². The van der Waals surface area contributed by atoms with Gasteiger partial charge in [-0.3, -0.25) is 4.79 Å². The van der Waals surface area contributed by atoms with Crippen LogP contribution in [0.2, 0.25) is 0 Å². The lowest BCUT2D eigenvalue weighted by molar-refractivity contribution is -0.154. The van der Waals surface area contributed by atoms with E-state index in [1.165, 1.54) is 12.5 Å². The Hall–Kier alpha value is -1.05. The van der Waals surface area contributed by atoms with Gasteiger partial charge in [0.15, 0.2) is 0 Å². The van der Waals surface area contributed by atoms with E-state index in [1.807, 2.05) is 19.9 Å². The summed E-state index contributed by atoms with van der Waals surface area (Å²) in [5, 5.41) is 0. The highest BCUT2D eigenvalue weighted by Gasteiger charge is 2.20. The summed E-state index contributed by atoms with van der Waals surface area (Å²) < 4.78 is 5.28. The summed E-state index contributed by atoms with van der Waals surface area (Å²) in [6, 6.07) is 0. The lowest BCUT2D eigenvalue weighted by Crippen LogP contribution is -2.26. The summed E-state index contributed by atoms with van der Waals surface area (Å²) in [7, 11) is 0. The molecule has 0 bridgehead atoms. The van der Waals surface area contributed by atoms with E-state index < -0.39 is 0 Å². The minimum atomic E-state index is -0.348. The third-order valence-corrected chi connectivity index (χ3v) is 3.19. The van der Waals surface area contributed by atoms with Gasteiger partial charge in [-0.05, 0) is 51.9 Å². The van der Waals surface area contributed by atoms with Crippen molar-refractivity contribution in [3.05, 3.63) is 24.3 Å². The molecule has 0 spiro atoms. The molecule has 0 atom stereocenters. The molecule has 0 amide bonds. The highest BCUT2D eigenvalue weighted by Crippen LogP contribution is 2.21. The van der Waals surface area contributed by atoms with E-state index in [9.17, 15) is 4.79 Å². The van der Waals surface area contributed by atoms with Crippen LogP contribution < -0.4 is 0 Å². The van der Waals surface area contributed by atoms with Crippen molar-refractivity contribution in [1.82, 2.24) is 0 Å². The van der Waals surface area contributed by atoms with Gasteiger partial charge in [-0.15, -0.1) is 6.58 Å². The van der Waals surface area contributed by atoms with E-state index >= 15 is 0 Å². The molecule has 0 aromatic heterocycles. The van der Waals surface area contributed by atoms with Crippen LogP contribution in [-0.4, -0.2) is 11.6 Å². The van der Waals surface area contributed by atoms with Crippen LogP contribution in [0, 0.1) is 5.92 Å². The van der Waals surface area contributed by atoms with Crippen LogP contribution in [0.4, 0.5) is 0 Å². The normalized spacial score (nSPS) is 12.6. The highest BCUT2D eigenvalue weighted by atomic mass is 16.6. The zero-order chi connectivity index (χ0) is 14.9. The molecule has 0 aliphatic carbocycles. The fourth-order valence-electron chi connectivity index (χ4n) is 2.15. The van der Waals surface area contributed by atoms with Gasteiger partial charge in [-0.2, -0.15) is 0 Å². The Bertz CT molecular complexity index is 311. The topological polar surface area (TPSA) is 26.3 Å². The van der Waals surface area contributed by atoms with Crippen molar-refractivity contribution in [3.63, 3.8) is 0 Å². The van der Waals surface area contributed by atoms with Crippen LogP contribution in [0.3, 0.4) is 0 Å². The van der Waals surface area contributed by atoms with Gasteiger partial charge in [0, 0.05) is 6.92 Å².